The second-order valence-electron chi connectivity index (χ2n) is 3.46. The van der Waals surface area contributed by atoms with Gasteiger partial charge in [0.1, 0.15) is 0 Å². The molecule has 1 aromatic heterocycles. The fourth-order valence-electron chi connectivity index (χ4n) is 1.46. The lowest BCUT2D eigenvalue weighted by Gasteiger charge is -2.07. The molecule has 0 radical (unpaired) electrons. The maximum absolute atomic E-state index is 4.51. The Balaban J connectivity index is 2.29. The van der Waals surface area contributed by atoms with Crippen molar-refractivity contribution in [2.24, 2.45) is 0 Å². The summed E-state index contributed by atoms with van der Waals surface area (Å²) in [5.41, 5.74) is 2.45. The van der Waals surface area contributed by atoms with Crippen molar-refractivity contribution in [1.29, 1.82) is 0 Å². The molecule has 2 rings (SSSR count). The molecule has 0 bridgehead atoms. The molecule has 14 heavy (non-hydrogen) atoms. The highest BCUT2D eigenvalue weighted by Crippen LogP contribution is 2.26. The average molecular weight is 203 g/mol. The molecule has 0 amide bonds. The Labute approximate surface area is 88.4 Å². The van der Waals surface area contributed by atoms with Gasteiger partial charge >= 0.3 is 0 Å². The van der Waals surface area contributed by atoms with Gasteiger partial charge in [-0.05, 0) is 12.5 Å². The monoisotopic (exact) mass is 203 g/mol. The predicted molar refractivity (Wildman–Crippen MR) is 60.8 cm³/mol. The summed E-state index contributed by atoms with van der Waals surface area (Å²) < 4.78 is 0. The van der Waals surface area contributed by atoms with Gasteiger partial charge in [0.25, 0.3) is 0 Å². The molecule has 2 heteroatoms. The van der Waals surface area contributed by atoms with E-state index in [1.54, 1.807) is 11.3 Å². The van der Waals surface area contributed by atoms with Gasteiger partial charge in [-0.3, -0.25) is 0 Å². The first-order valence-corrected chi connectivity index (χ1v) is 5.62. The van der Waals surface area contributed by atoms with Crippen molar-refractivity contribution in [3.05, 3.63) is 52.0 Å². The van der Waals surface area contributed by atoms with Crippen LogP contribution < -0.4 is 0 Å². The number of aryl methyl sites for hydroxylation is 1. The number of thiazole rings is 1. The van der Waals surface area contributed by atoms with Crippen molar-refractivity contribution in [2.45, 2.75) is 19.8 Å². The Kier molecular flexibility index (Phi) is 2.64. The van der Waals surface area contributed by atoms with Gasteiger partial charge < -0.3 is 0 Å². The van der Waals surface area contributed by atoms with Crippen molar-refractivity contribution >= 4 is 11.3 Å². The minimum atomic E-state index is 0.412. The first-order valence-electron chi connectivity index (χ1n) is 4.74. The van der Waals surface area contributed by atoms with Gasteiger partial charge in [-0.15, -0.1) is 11.3 Å². The minimum Gasteiger partial charge on any atom is -0.246 e. The molecule has 0 saturated heterocycles. The quantitative estimate of drug-likeness (QED) is 0.726. The van der Waals surface area contributed by atoms with Crippen LogP contribution >= 0.6 is 11.3 Å². The number of hydrogen-bond donors (Lipinski definition) is 0. The Bertz CT molecular complexity index is 405. The molecular formula is C12H13NS. The molecule has 0 spiro atoms. The van der Waals surface area contributed by atoms with Gasteiger partial charge in [0.15, 0.2) is 0 Å². The van der Waals surface area contributed by atoms with Gasteiger partial charge in [0.05, 0.1) is 5.01 Å². The standard InChI is InChI=1S/C12H13NS/c1-9-8-14-12(13-9)10(2)11-6-4-3-5-7-11/h3-8,10H,1-2H3. The molecule has 1 nitrogen and oxygen atoms in total. The van der Waals surface area contributed by atoms with E-state index in [4.69, 9.17) is 0 Å². The minimum absolute atomic E-state index is 0.412. The van der Waals surface area contributed by atoms with Crippen molar-refractivity contribution in [2.75, 3.05) is 0 Å². The van der Waals surface area contributed by atoms with E-state index >= 15 is 0 Å². The molecule has 1 unspecified atom stereocenters. The summed E-state index contributed by atoms with van der Waals surface area (Å²) in [6.45, 7) is 4.24. The van der Waals surface area contributed by atoms with Crippen LogP contribution in [0.4, 0.5) is 0 Å². The van der Waals surface area contributed by atoms with Gasteiger partial charge in [0.2, 0.25) is 0 Å². The molecule has 2 aromatic rings. The Morgan fingerprint density at radius 2 is 1.93 bits per heavy atom. The van der Waals surface area contributed by atoms with Crippen molar-refractivity contribution in [3.63, 3.8) is 0 Å². The molecule has 0 N–H and O–H groups in total. The molecule has 72 valence electrons. The van der Waals surface area contributed by atoms with Gasteiger partial charge in [-0.25, -0.2) is 4.98 Å². The zero-order valence-corrected chi connectivity index (χ0v) is 9.21. The second-order valence-corrected chi connectivity index (χ2v) is 4.35. The van der Waals surface area contributed by atoms with Crippen molar-refractivity contribution in [3.8, 4) is 0 Å². The van der Waals surface area contributed by atoms with Crippen molar-refractivity contribution < 1.29 is 0 Å². The Hall–Kier alpha value is -1.15. The lowest BCUT2D eigenvalue weighted by Crippen LogP contribution is -1.94. The first-order chi connectivity index (χ1) is 6.77. The lowest BCUT2D eigenvalue weighted by molar-refractivity contribution is 0.898. The smallest absolute Gasteiger partial charge is 0.1000 e. The summed E-state index contributed by atoms with van der Waals surface area (Å²) in [5.74, 6) is 0.412. The van der Waals surface area contributed by atoms with E-state index in [1.807, 2.05) is 13.0 Å². The maximum Gasteiger partial charge on any atom is 0.1000 e. The van der Waals surface area contributed by atoms with Crippen LogP contribution in [0.25, 0.3) is 0 Å². The van der Waals surface area contributed by atoms with Crippen LogP contribution in [0.5, 0.6) is 0 Å². The summed E-state index contributed by atoms with van der Waals surface area (Å²) in [6.07, 6.45) is 0. The molecule has 0 fully saturated rings. The fourth-order valence-corrected chi connectivity index (χ4v) is 2.34. The Morgan fingerprint density at radius 1 is 1.21 bits per heavy atom. The SMILES string of the molecule is Cc1csc(C(C)c2ccccc2)n1. The highest BCUT2D eigenvalue weighted by atomic mass is 32.1. The zero-order valence-electron chi connectivity index (χ0n) is 8.40. The van der Waals surface area contributed by atoms with Crippen LogP contribution in [0.1, 0.15) is 29.1 Å². The summed E-state index contributed by atoms with van der Waals surface area (Å²) in [6, 6.07) is 10.5. The van der Waals surface area contributed by atoms with E-state index in [0.717, 1.165) is 5.69 Å². The van der Waals surface area contributed by atoms with E-state index in [-0.39, 0.29) is 0 Å². The van der Waals surface area contributed by atoms with E-state index < -0.39 is 0 Å². The zero-order chi connectivity index (χ0) is 9.97. The Morgan fingerprint density at radius 3 is 2.50 bits per heavy atom. The third-order valence-corrected chi connectivity index (χ3v) is 3.45. The van der Waals surface area contributed by atoms with Crippen LogP contribution in [0.3, 0.4) is 0 Å². The van der Waals surface area contributed by atoms with E-state index in [1.165, 1.54) is 10.6 Å². The number of rotatable bonds is 2. The highest BCUT2D eigenvalue weighted by molar-refractivity contribution is 7.09. The number of benzene rings is 1. The van der Waals surface area contributed by atoms with Crippen LogP contribution in [0, 0.1) is 6.92 Å². The average Bonchev–Trinajstić information content (AvgIpc) is 2.65. The predicted octanol–water partition coefficient (Wildman–Crippen LogP) is 3.60. The molecule has 0 saturated carbocycles. The van der Waals surface area contributed by atoms with E-state index in [2.05, 4.69) is 41.6 Å². The molecule has 1 atom stereocenters. The molecule has 0 aliphatic heterocycles. The third-order valence-electron chi connectivity index (χ3n) is 2.31. The number of aromatic nitrogens is 1. The molecule has 1 aromatic carbocycles. The largest absolute Gasteiger partial charge is 0.246 e. The summed E-state index contributed by atoms with van der Waals surface area (Å²) in [7, 11) is 0. The topological polar surface area (TPSA) is 12.9 Å². The van der Waals surface area contributed by atoms with Crippen LogP contribution in [-0.4, -0.2) is 4.98 Å². The molecular weight excluding hydrogens is 190 g/mol. The third kappa shape index (κ3) is 1.85. The maximum atomic E-state index is 4.51. The van der Waals surface area contributed by atoms with Crippen LogP contribution in [0.15, 0.2) is 35.7 Å². The highest BCUT2D eigenvalue weighted by Gasteiger charge is 2.10. The molecule has 1 heterocycles. The summed E-state index contributed by atoms with van der Waals surface area (Å²) >= 11 is 1.74. The van der Waals surface area contributed by atoms with Gasteiger partial charge in [0, 0.05) is 17.0 Å². The summed E-state index contributed by atoms with van der Waals surface area (Å²) in [5, 5.41) is 3.31. The fraction of sp³-hybridized carbons (Fsp3) is 0.250. The van der Waals surface area contributed by atoms with Crippen LogP contribution in [0.2, 0.25) is 0 Å². The molecule has 0 aliphatic carbocycles. The van der Waals surface area contributed by atoms with Crippen LogP contribution in [-0.2, 0) is 0 Å². The van der Waals surface area contributed by atoms with Crippen molar-refractivity contribution in [1.82, 2.24) is 4.98 Å². The second kappa shape index (κ2) is 3.93. The summed E-state index contributed by atoms with van der Waals surface area (Å²) in [4.78, 5) is 4.51. The molecule has 0 aliphatic rings. The van der Waals surface area contributed by atoms with E-state index in [0.29, 0.717) is 5.92 Å². The number of hydrogen-bond acceptors (Lipinski definition) is 2. The lowest BCUT2D eigenvalue weighted by atomic mass is 10.0. The van der Waals surface area contributed by atoms with E-state index in [9.17, 15) is 0 Å². The van der Waals surface area contributed by atoms with Gasteiger partial charge in [-0.2, -0.15) is 0 Å². The first kappa shape index (κ1) is 9.41. The van der Waals surface area contributed by atoms with Gasteiger partial charge in [-0.1, -0.05) is 37.3 Å². The normalized spacial score (nSPS) is 12.7. The number of nitrogens with zero attached hydrogens (tertiary/aromatic N) is 1.